The number of rotatable bonds is 7. The highest BCUT2D eigenvalue weighted by Gasteiger charge is 2.29. The lowest BCUT2D eigenvalue weighted by Gasteiger charge is -2.26. The molecule has 0 saturated carbocycles. The van der Waals surface area contributed by atoms with Gasteiger partial charge in [-0.1, -0.05) is 178 Å². The summed E-state index contributed by atoms with van der Waals surface area (Å²) in [5, 5.41) is 5.02. The summed E-state index contributed by atoms with van der Waals surface area (Å²) in [6, 6.07) is 75.3. The van der Waals surface area contributed by atoms with Crippen LogP contribution in [-0.4, -0.2) is 0 Å². The van der Waals surface area contributed by atoms with Gasteiger partial charge in [0.25, 0.3) is 0 Å². The van der Waals surface area contributed by atoms with Crippen LogP contribution >= 0.6 is 0 Å². The molecule has 266 valence electrons. The predicted molar refractivity (Wildman–Crippen MR) is 239 cm³/mol. The van der Waals surface area contributed by atoms with Crippen LogP contribution in [0.5, 0.6) is 0 Å². The Morgan fingerprint density at radius 2 is 0.679 bits per heavy atom. The third-order valence-corrected chi connectivity index (χ3v) is 11.5. The van der Waals surface area contributed by atoms with Crippen LogP contribution in [0.25, 0.3) is 60.5 Å². The van der Waals surface area contributed by atoms with Crippen molar-refractivity contribution in [2.45, 2.75) is 19.3 Å². The molecule has 0 bridgehead atoms. The summed E-state index contributed by atoms with van der Waals surface area (Å²) < 4.78 is 0. The van der Waals surface area contributed by atoms with Crippen LogP contribution in [0, 0.1) is 0 Å². The van der Waals surface area contributed by atoms with Gasteiger partial charge in [0.05, 0.1) is 0 Å². The van der Waals surface area contributed by atoms with Crippen LogP contribution in [0.4, 0.5) is 17.1 Å². The first-order valence-corrected chi connectivity index (χ1v) is 19.5. The molecule has 1 aliphatic rings. The summed E-state index contributed by atoms with van der Waals surface area (Å²) in [6.45, 7) is 4.60. The van der Waals surface area contributed by atoms with E-state index in [0.29, 0.717) is 0 Å². The summed E-state index contributed by atoms with van der Waals surface area (Å²) in [5.41, 5.74) is 15.9. The van der Waals surface area contributed by atoms with Crippen LogP contribution in [0.2, 0.25) is 0 Å². The lowest BCUT2D eigenvalue weighted by Crippen LogP contribution is -2.10. The molecule has 0 aromatic heterocycles. The minimum absolute atomic E-state index is 0.0276. The van der Waals surface area contributed by atoms with Gasteiger partial charge in [0.15, 0.2) is 0 Å². The van der Waals surface area contributed by atoms with Gasteiger partial charge in [-0.05, 0) is 126 Å². The van der Waals surface area contributed by atoms with Crippen molar-refractivity contribution in [3.63, 3.8) is 0 Å². The maximum absolute atomic E-state index is 2.42. The van der Waals surface area contributed by atoms with E-state index in [2.05, 4.69) is 231 Å². The van der Waals surface area contributed by atoms with Crippen LogP contribution in [0.1, 0.15) is 30.5 Å². The Bertz CT molecular complexity index is 2770. The Hall–Kier alpha value is -6.96. The maximum Gasteiger partial charge on any atom is 0.0462 e. The molecular formula is C55H41N. The lowest BCUT2D eigenvalue weighted by molar-refractivity contribution is 0.683. The van der Waals surface area contributed by atoms with E-state index in [4.69, 9.17) is 0 Å². The quantitative estimate of drug-likeness (QED) is 0.159. The minimum Gasteiger partial charge on any atom is -0.311 e. The Balaban J connectivity index is 0.978. The molecule has 1 nitrogen and oxygen atoms in total. The van der Waals surface area contributed by atoms with E-state index in [0.717, 1.165) is 17.1 Å². The second-order valence-electron chi connectivity index (χ2n) is 15.5. The molecule has 56 heavy (non-hydrogen) atoms. The molecular weight excluding hydrogens is 675 g/mol. The van der Waals surface area contributed by atoms with Gasteiger partial charge < -0.3 is 4.90 Å². The first-order chi connectivity index (χ1) is 27.5. The van der Waals surface area contributed by atoms with Crippen molar-refractivity contribution in [2.75, 3.05) is 4.90 Å². The Kier molecular flexibility index (Phi) is 8.23. The van der Waals surface area contributed by atoms with Crippen LogP contribution in [0.15, 0.2) is 212 Å². The fraction of sp³-hybridized carbons (Fsp3) is 0.0545. The normalized spacial score (nSPS) is 13.1. The zero-order valence-electron chi connectivity index (χ0n) is 31.7. The van der Waals surface area contributed by atoms with Crippen LogP contribution in [0.3, 0.4) is 0 Å². The summed E-state index contributed by atoms with van der Waals surface area (Å²) in [7, 11) is 0. The van der Waals surface area contributed by atoms with Crippen LogP contribution < -0.4 is 4.90 Å². The van der Waals surface area contributed by atoms with Crippen molar-refractivity contribution in [2.24, 2.45) is 0 Å². The average molecular weight is 716 g/mol. The molecule has 9 aromatic rings. The van der Waals surface area contributed by atoms with Gasteiger partial charge in [-0.3, -0.25) is 0 Å². The third-order valence-electron chi connectivity index (χ3n) is 11.5. The molecule has 0 radical (unpaired) electrons. The maximum atomic E-state index is 2.42. The van der Waals surface area contributed by atoms with E-state index in [1.165, 1.54) is 77.2 Å². The minimum atomic E-state index is 0.0276. The van der Waals surface area contributed by atoms with Gasteiger partial charge >= 0.3 is 0 Å². The van der Waals surface area contributed by atoms with Gasteiger partial charge in [-0.25, -0.2) is 0 Å². The fourth-order valence-corrected chi connectivity index (χ4v) is 8.47. The highest BCUT2D eigenvalue weighted by Crippen LogP contribution is 2.44. The smallest absolute Gasteiger partial charge is 0.0462 e. The van der Waals surface area contributed by atoms with E-state index in [1.807, 2.05) is 0 Å². The molecule has 10 rings (SSSR count). The zero-order valence-corrected chi connectivity index (χ0v) is 31.7. The summed E-state index contributed by atoms with van der Waals surface area (Å²) in [5.74, 6) is 0. The monoisotopic (exact) mass is 715 g/mol. The Morgan fingerprint density at radius 3 is 1.16 bits per heavy atom. The first-order valence-electron chi connectivity index (χ1n) is 19.5. The largest absolute Gasteiger partial charge is 0.311 e. The standard InChI is InChI=1S/C55H41N/c1-55(2)37-53(52-13-7-8-14-54(52)55)44-19-15-40(16-20-44)41-23-29-49(30-24-41)56(50-31-25-42(26-32-50)47-21-17-38-9-3-5-11-45(38)35-47)51-33-27-43(28-34-51)48-22-18-39-10-4-6-12-46(39)36-48/h3-37H,1-2H3. The molecule has 0 aliphatic heterocycles. The van der Waals surface area contributed by atoms with E-state index in [9.17, 15) is 0 Å². The van der Waals surface area contributed by atoms with Crippen molar-refractivity contribution >= 4 is 44.2 Å². The van der Waals surface area contributed by atoms with E-state index < -0.39 is 0 Å². The van der Waals surface area contributed by atoms with Gasteiger partial charge in [0.2, 0.25) is 0 Å². The van der Waals surface area contributed by atoms with Gasteiger partial charge in [0, 0.05) is 22.5 Å². The average Bonchev–Trinajstić information content (AvgIpc) is 3.54. The molecule has 0 atom stereocenters. The first kappa shape index (κ1) is 33.6. The summed E-state index contributed by atoms with van der Waals surface area (Å²) >= 11 is 0. The molecule has 1 heteroatoms. The lowest BCUT2D eigenvalue weighted by atomic mass is 9.87. The molecule has 0 saturated heterocycles. The molecule has 1 aliphatic carbocycles. The molecule has 0 amide bonds. The van der Waals surface area contributed by atoms with E-state index >= 15 is 0 Å². The molecule has 0 fully saturated rings. The number of fused-ring (bicyclic) bond motifs is 3. The van der Waals surface area contributed by atoms with Crippen molar-refractivity contribution in [3.8, 4) is 33.4 Å². The zero-order chi connectivity index (χ0) is 37.6. The topological polar surface area (TPSA) is 3.24 Å². The molecule has 0 unspecified atom stereocenters. The highest BCUT2D eigenvalue weighted by atomic mass is 15.1. The SMILES string of the molecule is CC1(C)C=C(c2ccc(-c3ccc(N(c4ccc(-c5ccc6ccccc6c5)cc4)c4ccc(-c5ccc6ccccc6c5)cc4)cc3)cc2)c2ccccc21. The van der Waals surface area contributed by atoms with E-state index in [1.54, 1.807) is 0 Å². The summed E-state index contributed by atoms with van der Waals surface area (Å²) in [6.07, 6.45) is 2.42. The van der Waals surface area contributed by atoms with Gasteiger partial charge in [-0.15, -0.1) is 0 Å². The van der Waals surface area contributed by atoms with Gasteiger partial charge in [0.1, 0.15) is 0 Å². The number of hydrogen-bond donors (Lipinski definition) is 0. The molecule has 0 N–H and O–H groups in total. The second kappa shape index (κ2) is 13.7. The van der Waals surface area contributed by atoms with Crippen molar-refractivity contribution in [1.29, 1.82) is 0 Å². The van der Waals surface area contributed by atoms with E-state index in [-0.39, 0.29) is 5.41 Å². The number of hydrogen-bond acceptors (Lipinski definition) is 1. The van der Waals surface area contributed by atoms with Crippen molar-refractivity contribution < 1.29 is 0 Å². The fourth-order valence-electron chi connectivity index (χ4n) is 8.47. The molecule has 0 spiro atoms. The predicted octanol–water partition coefficient (Wildman–Crippen LogP) is 15.2. The number of allylic oxidation sites excluding steroid dienone is 1. The van der Waals surface area contributed by atoms with Gasteiger partial charge in [-0.2, -0.15) is 0 Å². The number of benzene rings is 9. The van der Waals surface area contributed by atoms with Crippen molar-refractivity contribution in [1.82, 2.24) is 0 Å². The third kappa shape index (κ3) is 6.18. The van der Waals surface area contributed by atoms with Crippen molar-refractivity contribution in [3.05, 3.63) is 229 Å². The second-order valence-corrected chi connectivity index (χ2v) is 15.5. The van der Waals surface area contributed by atoms with Crippen LogP contribution in [-0.2, 0) is 5.41 Å². The molecule has 0 heterocycles. The Morgan fingerprint density at radius 1 is 0.321 bits per heavy atom. The molecule has 9 aromatic carbocycles. The Labute approximate surface area is 329 Å². The number of anilines is 3. The number of nitrogens with zero attached hydrogens (tertiary/aromatic N) is 1. The highest BCUT2D eigenvalue weighted by molar-refractivity contribution is 5.90. The summed E-state index contributed by atoms with van der Waals surface area (Å²) in [4.78, 5) is 2.35.